The fourth-order valence-corrected chi connectivity index (χ4v) is 1.83. The van der Waals surface area contributed by atoms with Gasteiger partial charge in [-0.3, -0.25) is 4.79 Å². The molecule has 0 unspecified atom stereocenters. The second-order valence-electron chi connectivity index (χ2n) is 4.24. The minimum Gasteiger partial charge on any atom is -0.454 e. The van der Waals surface area contributed by atoms with Gasteiger partial charge in [0.25, 0.3) is 0 Å². The van der Waals surface area contributed by atoms with Crippen molar-refractivity contribution in [3.8, 4) is 0 Å². The molecule has 0 amide bonds. The quantitative estimate of drug-likeness (QED) is 0.535. The van der Waals surface area contributed by atoms with E-state index in [2.05, 4.69) is 0 Å². The summed E-state index contributed by atoms with van der Waals surface area (Å²) in [6.07, 6.45) is 0. The van der Waals surface area contributed by atoms with Crippen LogP contribution in [0.5, 0.6) is 0 Å². The summed E-state index contributed by atoms with van der Waals surface area (Å²) in [6.45, 7) is -0.452. The van der Waals surface area contributed by atoms with Gasteiger partial charge in [0, 0.05) is 16.3 Å². The third kappa shape index (κ3) is 3.79. The van der Waals surface area contributed by atoms with E-state index in [9.17, 15) is 14.0 Å². The molecule has 2 aromatic carbocycles. The van der Waals surface area contributed by atoms with Crippen LogP contribution < -0.4 is 5.73 Å². The van der Waals surface area contributed by atoms with Gasteiger partial charge in [-0.2, -0.15) is 0 Å². The first-order chi connectivity index (χ1) is 9.97. The fourth-order valence-electron chi connectivity index (χ4n) is 1.65. The molecule has 0 saturated heterocycles. The standard InChI is InChI=1S/C15H11ClFNO3/c16-10-3-6-12(13(18)7-10)15(20)21-8-14(19)9-1-4-11(17)5-2-9/h1-7H,8,18H2. The van der Waals surface area contributed by atoms with Gasteiger partial charge >= 0.3 is 5.97 Å². The second-order valence-corrected chi connectivity index (χ2v) is 4.67. The number of esters is 1. The second kappa shape index (κ2) is 6.37. The summed E-state index contributed by atoms with van der Waals surface area (Å²) in [5.41, 5.74) is 6.20. The zero-order valence-corrected chi connectivity index (χ0v) is 11.6. The van der Waals surface area contributed by atoms with Crippen molar-refractivity contribution in [2.24, 2.45) is 0 Å². The van der Waals surface area contributed by atoms with Crippen LogP contribution in [0, 0.1) is 5.82 Å². The van der Waals surface area contributed by atoms with Gasteiger partial charge in [-0.25, -0.2) is 9.18 Å². The molecule has 2 N–H and O–H groups in total. The normalized spacial score (nSPS) is 10.2. The minimum absolute atomic E-state index is 0.131. The van der Waals surface area contributed by atoms with E-state index in [1.165, 1.54) is 30.3 Å². The largest absolute Gasteiger partial charge is 0.454 e. The van der Waals surface area contributed by atoms with Gasteiger partial charge in [-0.15, -0.1) is 0 Å². The maximum atomic E-state index is 12.7. The molecule has 0 radical (unpaired) electrons. The van der Waals surface area contributed by atoms with Gasteiger partial charge in [-0.1, -0.05) is 11.6 Å². The van der Waals surface area contributed by atoms with Crippen LogP contribution in [-0.4, -0.2) is 18.4 Å². The van der Waals surface area contributed by atoms with Crippen molar-refractivity contribution in [2.45, 2.75) is 0 Å². The smallest absolute Gasteiger partial charge is 0.340 e. The fraction of sp³-hybridized carbons (Fsp3) is 0.0667. The molecule has 0 aliphatic rings. The number of halogens is 2. The van der Waals surface area contributed by atoms with E-state index in [1.807, 2.05) is 0 Å². The van der Waals surface area contributed by atoms with Gasteiger partial charge in [0.05, 0.1) is 5.56 Å². The number of benzene rings is 2. The Labute approximate surface area is 125 Å². The number of ether oxygens (including phenoxy) is 1. The number of carbonyl (C=O) groups is 2. The topological polar surface area (TPSA) is 69.4 Å². The summed E-state index contributed by atoms with van der Waals surface area (Å²) < 4.78 is 17.6. The van der Waals surface area contributed by atoms with Crippen LogP contribution in [-0.2, 0) is 4.74 Å². The lowest BCUT2D eigenvalue weighted by Gasteiger charge is -2.07. The Morgan fingerprint density at radius 2 is 1.81 bits per heavy atom. The van der Waals surface area contributed by atoms with Crippen LogP contribution in [0.15, 0.2) is 42.5 Å². The van der Waals surface area contributed by atoms with E-state index in [0.29, 0.717) is 5.02 Å². The monoisotopic (exact) mass is 307 g/mol. The van der Waals surface area contributed by atoms with Crippen molar-refractivity contribution in [3.05, 3.63) is 64.4 Å². The molecule has 0 bridgehead atoms. The van der Waals surface area contributed by atoms with E-state index in [1.54, 1.807) is 0 Å². The van der Waals surface area contributed by atoms with E-state index < -0.39 is 24.2 Å². The Hall–Kier alpha value is -2.40. The third-order valence-electron chi connectivity index (χ3n) is 2.73. The molecular weight excluding hydrogens is 297 g/mol. The molecule has 0 aliphatic heterocycles. The molecule has 0 aliphatic carbocycles. The zero-order chi connectivity index (χ0) is 15.4. The van der Waals surface area contributed by atoms with Crippen LogP contribution in [0.4, 0.5) is 10.1 Å². The van der Waals surface area contributed by atoms with Crippen molar-refractivity contribution in [1.82, 2.24) is 0 Å². The van der Waals surface area contributed by atoms with Gasteiger partial charge in [-0.05, 0) is 42.5 Å². The summed E-state index contributed by atoms with van der Waals surface area (Å²) in [6, 6.07) is 9.29. The highest BCUT2D eigenvalue weighted by molar-refractivity contribution is 6.31. The van der Waals surface area contributed by atoms with Gasteiger partial charge < -0.3 is 10.5 Å². The molecule has 0 heterocycles. The predicted molar refractivity (Wildman–Crippen MR) is 76.9 cm³/mol. The molecule has 2 rings (SSSR count). The van der Waals surface area contributed by atoms with E-state index in [4.69, 9.17) is 22.1 Å². The summed E-state index contributed by atoms with van der Waals surface area (Å²) in [4.78, 5) is 23.6. The van der Waals surface area contributed by atoms with Crippen LogP contribution in [0.25, 0.3) is 0 Å². The molecule has 2 aromatic rings. The number of carbonyl (C=O) groups excluding carboxylic acids is 2. The van der Waals surface area contributed by atoms with Gasteiger partial charge in [0.15, 0.2) is 12.4 Å². The van der Waals surface area contributed by atoms with E-state index in [0.717, 1.165) is 12.1 Å². The van der Waals surface area contributed by atoms with Crippen molar-refractivity contribution < 1.29 is 18.7 Å². The predicted octanol–water partition coefficient (Wildman–Crippen LogP) is 3.10. The van der Waals surface area contributed by atoms with Gasteiger partial charge in [0.2, 0.25) is 0 Å². The summed E-state index contributed by atoms with van der Waals surface area (Å²) >= 11 is 5.73. The van der Waals surface area contributed by atoms with E-state index in [-0.39, 0.29) is 16.8 Å². The molecular formula is C15H11ClFNO3. The van der Waals surface area contributed by atoms with Crippen LogP contribution in [0.3, 0.4) is 0 Å². The Morgan fingerprint density at radius 3 is 2.43 bits per heavy atom. The summed E-state index contributed by atoms with van der Waals surface area (Å²) in [5, 5.41) is 0.395. The number of nitrogen functional groups attached to an aromatic ring is 1. The average molecular weight is 308 g/mol. The number of hydrogen-bond acceptors (Lipinski definition) is 4. The maximum absolute atomic E-state index is 12.7. The van der Waals surface area contributed by atoms with Gasteiger partial charge in [0.1, 0.15) is 5.82 Å². The van der Waals surface area contributed by atoms with Crippen molar-refractivity contribution in [1.29, 1.82) is 0 Å². The number of hydrogen-bond donors (Lipinski definition) is 1. The number of anilines is 1. The zero-order valence-electron chi connectivity index (χ0n) is 10.8. The third-order valence-corrected chi connectivity index (χ3v) is 2.97. The highest BCUT2D eigenvalue weighted by Gasteiger charge is 2.14. The number of ketones is 1. The lowest BCUT2D eigenvalue weighted by atomic mass is 10.1. The van der Waals surface area contributed by atoms with Crippen molar-refractivity contribution in [3.63, 3.8) is 0 Å². The molecule has 0 aromatic heterocycles. The highest BCUT2D eigenvalue weighted by atomic mass is 35.5. The first-order valence-corrected chi connectivity index (χ1v) is 6.36. The van der Waals surface area contributed by atoms with Crippen molar-refractivity contribution in [2.75, 3.05) is 12.3 Å². The minimum atomic E-state index is -0.723. The molecule has 6 heteroatoms. The lowest BCUT2D eigenvalue weighted by molar-refractivity contribution is 0.0476. The average Bonchev–Trinajstić information content (AvgIpc) is 2.45. The Bertz CT molecular complexity index is 686. The molecule has 0 saturated carbocycles. The maximum Gasteiger partial charge on any atom is 0.340 e. The number of Topliss-reactive ketones (excluding diaryl/α,β-unsaturated/α-hetero) is 1. The molecule has 21 heavy (non-hydrogen) atoms. The lowest BCUT2D eigenvalue weighted by Crippen LogP contribution is -2.15. The summed E-state index contributed by atoms with van der Waals surface area (Å²) in [7, 11) is 0. The SMILES string of the molecule is Nc1cc(Cl)ccc1C(=O)OCC(=O)c1ccc(F)cc1. The summed E-state index contributed by atoms with van der Waals surface area (Å²) in [5.74, 6) is -1.60. The molecule has 0 spiro atoms. The van der Waals surface area contributed by atoms with Crippen molar-refractivity contribution >= 4 is 29.0 Å². The Kier molecular flexibility index (Phi) is 4.55. The molecule has 0 fully saturated rings. The Balaban J connectivity index is 2.00. The Morgan fingerprint density at radius 1 is 1.14 bits per heavy atom. The number of nitrogens with two attached hydrogens (primary N) is 1. The molecule has 108 valence electrons. The van der Waals surface area contributed by atoms with Crippen LogP contribution in [0.1, 0.15) is 20.7 Å². The first kappa shape index (κ1) is 15.0. The van der Waals surface area contributed by atoms with Crippen LogP contribution >= 0.6 is 11.6 Å². The highest BCUT2D eigenvalue weighted by Crippen LogP contribution is 2.18. The molecule has 0 atom stereocenters. The number of rotatable bonds is 4. The van der Waals surface area contributed by atoms with E-state index >= 15 is 0 Å². The van der Waals surface area contributed by atoms with Crippen LogP contribution in [0.2, 0.25) is 5.02 Å². The first-order valence-electron chi connectivity index (χ1n) is 5.98. The molecule has 4 nitrogen and oxygen atoms in total.